The molecular weight excluding hydrogens is 276 g/mol. The van der Waals surface area contributed by atoms with Crippen molar-refractivity contribution >= 4 is 27.3 Å². The number of nitrogens with one attached hydrogen (secondary N) is 1. The Morgan fingerprint density at radius 3 is 3.07 bits per heavy atom. The summed E-state index contributed by atoms with van der Waals surface area (Å²) < 4.78 is 6.71. The Balaban J connectivity index is 2.13. The summed E-state index contributed by atoms with van der Waals surface area (Å²) in [5, 5.41) is 3.08. The highest BCUT2D eigenvalue weighted by Gasteiger charge is 2.08. The number of oxazole rings is 1. The first-order valence-electron chi connectivity index (χ1n) is 4.64. The molecule has 0 unspecified atom stereocenters. The van der Waals surface area contributed by atoms with Gasteiger partial charge in [0.1, 0.15) is 5.76 Å². The molecule has 15 heavy (non-hydrogen) atoms. The van der Waals surface area contributed by atoms with Crippen LogP contribution in [0.5, 0.6) is 0 Å². The molecule has 0 spiro atoms. The second-order valence-electron chi connectivity index (χ2n) is 3.09. The van der Waals surface area contributed by atoms with Crippen LogP contribution in [0, 0.1) is 0 Å². The van der Waals surface area contributed by atoms with Crippen LogP contribution in [0.15, 0.2) is 26.5 Å². The fourth-order valence-corrected chi connectivity index (χ4v) is 2.53. The molecule has 80 valence electrons. The fourth-order valence-electron chi connectivity index (χ4n) is 1.21. The summed E-state index contributed by atoms with van der Waals surface area (Å²) in [6.07, 6.45) is 2.66. The van der Waals surface area contributed by atoms with Crippen molar-refractivity contribution in [3.05, 3.63) is 27.9 Å². The Kier molecular flexibility index (Phi) is 3.56. The number of hydrogen-bond donors (Lipinski definition) is 1. The maximum atomic E-state index is 5.62. The topological polar surface area (TPSA) is 38.1 Å². The first-order valence-corrected chi connectivity index (χ1v) is 6.25. The van der Waals surface area contributed by atoms with Gasteiger partial charge in [0, 0.05) is 13.0 Å². The highest BCUT2D eigenvalue weighted by atomic mass is 79.9. The molecule has 2 heterocycles. The molecule has 2 aromatic heterocycles. The third-order valence-corrected chi connectivity index (χ3v) is 3.57. The summed E-state index contributed by atoms with van der Waals surface area (Å²) >= 11 is 5.04. The van der Waals surface area contributed by atoms with Crippen LogP contribution in [0.25, 0.3) is 10.8 Å². The van der Waals surface area contributed by atoms with Crippen molar-refractivity contribution in [2.75, 3.05) is 13.6 Å². The van der Waals surface area contributed by atoms with Crippen molar-refractivity contribution in [1.29, 1.82) is 0 Å². The van der Waals surface area contributed by atoms with Crippen LogP contribution in [0.3, 0.4) is 0 Å². The van der Waals surface area contributed by atoms with Gasteiger partial charge in [-0.1, -0.05) is 0 Å². The van der Waals surface area contributed by atoms with Crippen molar-refractivity contribution in [1.82, 2.24) is 10.3 Å². The van der Waals surface area contributed by atoms with E-state index in [9.17, 15) is 0 Å². The molecule has 0 aromatic carbocycles. The summed E-state index contributed by atoms with van der Waals surface area (Å²) in [7, 11) is 1.92. The molecule has 2 rings (SSSR count). The number of rotatable bonds is 4. The molecule has 0 amide bonds. The third-order valence-electron chi connectivity index (χ3n) is 1.96. The Hall–Kier alpha value is -0.650. The third kappa shape index (κ3) is 2.68. The molecule has 0 bridgehead atoms. The van der Waals surface area contributed by atoms with Gasteiger partial charge < -0.3 is 9.73 Å². The molecule has 0 aliphatic carbocycles. The monoisotopic (exact) mass is 286 g/mol. The van der Waals surface area contributed by atoms with Gasteiger partial charge in [-0.15, -0.1) is 11.3 Å². The van der Waals surface area contributed by atoms with Crippen molar-refractivity contribution in [2.45, 2.75) is 6.42 Å². The van der Waals surface area contributed by atoms with E-state index in [-0.39, 0.29) is 0 Å². The van der Waals surface area contributed by atoms with E-state index in [0.717, 1.165) is 27.4 Å². The minimum Gasteiger partial charge on any atom is -0.440 e. The Labute approximate surface area is 101 Å². The van der Waals surface area contributed by atoms with E-state index in [4.69, 9.17) is 4.42 Å². The van der Waals surface area contributed by atoms with Crippen molar-refractivity contribution < 1.29 is 4.42 Å². The van der Waals surface area contributed by atoms with Crippen LogP contribution < -0.4 is 5.32 Å². The van der Waals surface area contributed by atoms with Gasteiger partial charge in [0.15, 0.2) is 0 Å². The van der Waals surface area contributed by atoms with Crippen LogP contribution in [0.1, 0.15) is 5.76 Å². The molecule has 0 saturated carbocycles. The maximum absolute atomic E-state index is 5.62. The molecule has 5 heteroatoms. The first-order chi connectivity index (χ1) is 7.29. The van der Waals surface area contributed by atoms with Gasteiger partial charge in [0.2, 0.25) is 5.89 Å². The zero-order valence-electron chi connectivity index (χ0n) is 8.29. The van der Waals surface area contributed by atoms with Crippen molar-refractivity contribution in [2.24, 2.45) is 0 Å². The molecule has 0 atom stereocenters. The lowest BCUT2D eigenvalue weighted by Gasteiger charge is -1.93. The predicted octanol–water partition coefficient (Wildman–Crippen LogP) is 2.93. The minimum atomic E-state index is 0.705. The average Bonchev–Trinajstić information content (AvgIpc) is 2.83. The van der Waals surface area contributed by atoms with Gasteiger partial charge in [-0.25, -0.2) is 4.98 Å². The fraction of sp³-hybridized carbons (Fsp3) is 0.300. The van der Waals surface area contributed by atoms with Crippen molar-refractivity contribution in [3.63, 3.8) is 0 Å². The van der Waals surface area contributed by atoms with E-state index in [1.54, 1.807) is 17.5 Å². The lowest BCUT2D eigenvalue weighted by Crippen LogP contribution is -2.09. The highest BCUT2D eigenvalue weighted by Crippen LogP contribution is 2.30. The normalized spacial score (nSPS) is 10.8. The van der Waals surface area contributed by atoms with Gasteiger partial charge in [-0.2, -0.15) is 0 Å². The highest BCUT2D eigenvalue weighted by molar-refractivity contribution is 9.11. The summed E-state index contributed by atoms with van der Waals surface area (Å²) in [6.45, 7) is 0.906. The van der Waals surface area contributed by atoms with E-state index in [2.05, 4.69) is 26.2 Å². The maximum Gasteiger partial charge on any atom is 0.236 e. The number of halogens is 1. The lowest BCUT2D eigenvalue weighted by molar-refractivity contribution is 0.513. The molecule has 3 nitrogen and oxygen atoms in total. The molecule has 0 aliphatic heterocycles. The number of thiophene rings is 1. The van der Waals surface area contributed by atoms with Gasteiger partial charge in [0.05, 0.1) is 14.9 Å². The summed E-state index contributed by atoms with van der Waals surface area (Å²) in [4.78, 5) is 5.30. The van der Waals surface area contributed by atoms with E-state index < -0.39 is 0 Å². The molecular formula is C10H11BrN2OS. The predicted molar refractivity (Wildman–Crippen MR) is 65.1 cm³/mol. The molecule has 2 aromatic rings. The number of likely N-dealkylation sites (N-methyl/N-ethyl adjacent to an activating group) is 1. The number of aromatic nitrogens is 1. The quantitative estimate of drug-likeness (QED) is 0.939. The van der Waals surface area contributed by atoms with Gasteiger partial charge >= 0.3 is 0 Å². The van der Waals surface area contributed by atoms with E-state index >= 15 is 0 Å². The summed E-state index contributed by atoms with van der Waals surface area (Å²) in [5.41, 5.74) is 0. The zero-order chi connectivity index (χ0) is 10.7. The van der Waals surface area contributed by atoms with Crippen LogP contribution in [0.4, 0.5) is 0 Å². The second-order valence-corrected chi connectivity index (χ2v) is 5.55. The van der Waals surface area contributed by atoms with E-state index in [0.29, 0.717) is 5.89 Å². The average molecular weight is 287 g/mol. The number of nitrogens with zero attached hydrogens (tertiary/aromatic N) is 1. The second kappa shape index (κ2) is 4.92. The molecule has 0 fully saturated rings. The largest absolute Gasteiger partial charge is 0.440 e. The van der Waals surface area contributed by atoms with Crippen LogP contribution in [-0.2, 0) is 6.42 Å². The van der Waals surface area contributed by atoms with Gasteiger partial charge in [-0.05, 0) is 35.1 Å². The van der Waals surface area contributed by atoms with E-state index in [1.807, 2.05) is 19.2 Å². The van der Waals surface area contributed by atoms with Crippen LogP contribution in [-0.4, -0.2) is 18.6 Å². The van der Waals surface area contributed by atoms with E-state index in [1.165, 1.54) is 0 Å². The van der Waals surface area contributed by atoms with Gasteiger partial charge in [0.25, 0.3) is 0 Å². The van der Waals surface area contributed by atoms with Crippen LogP contribution in [0.2, 0.25) is 0 Å². The summed E-state index contributed by atoms with van der Waals surface area (Å²) in [5.74, 6) is 1.63. The first kappa shape index (κ1) is 10.9. The lowest BCUT2D eigenvalue weighted by atomic mass is 10.3. The minimum absolute atomic E-state index is 0.705. The summed E-state index contributed by atoms with van der Waals surface area (Å²) in [6, 6.07) is 4.00. The number of hydrogen-bond acceptors (Lipinski definition) is 4. The Morgan fingerprint density at radius 2 is 2.40 bits per heavy atom. The van der Waals surface area contributed by atoms with Crippen molar-refractivity contribution in [3.8, 4) is 10.8 Å². The SMILES string of the molecule is CNCCc1cnc(-c2ccc(Br)s2)o1. The molecule has 0 saturated heterocycles. The molecule has 1 N–H and O–H groups in total. The Morgan fingerprint density at radius 1 is 1.53 bits per heavy atom. The zero-order valence-corrected chi connectivity index (χ0v) is 10.7. The van der Waals surface area contributed by atoms with Gasteiger partial charge in [-0.3, -0.25) is 0 Å². The van der Waals surface area contributed by atoms with Crippen LogP contribution >= 0.6 is 27.3 Å². The molecule has 0 aliphatic rings. The molecule has 0 radical (unpaired) electrons. The Bertz CT molecular complexity index is 438. The smallest absolute Gasteiger partial charge is 0.236 e. The standard InChI is InChI=1S/C10H11BrN2OS/c1-12-5-4-7-6-13-10(14-7)8-2-3-9(11)15-8/h2-3,6,12H,4-5H2,1H3.